The molecule has 6 heteroatoms. The number of esters is 1. The zero-order valence-corrected chi connectivity index (χ0v) is 11.2. The summed E-state index contributed by atoms with van der Waals surface area (Å²) in [4.78, 5) is 36.1. The number of nitrogens with two attached hydrogens (primary N) is 1. The van der Waals surface area contributed by atoms with Gasteiger partial charge in [0.1, 0.15) is 0 Å². The summed E-state index contributed by atoms with van der Waals surface area (Å²) in [5, 5.41) is 0. The van der Waals surface area contributed by atoms with Gasteiger partial charge >= 0.3 is 5.97 Å². The zero-order valence-electron chi connectivity index (χ0n) is 11.2. The Hall–Kier alpha value is -2.37. The van der Waals surface area contributed by atoms with Crippen molar-refractivity contribution in [2.75, 3.05) is 11.4 Å². The third kappa shape index (κ3) is 2.96. The molecule has 1 aromatic rings. The van der Waals surface area contributed by atoms with E-state index in [0.29, 0.717) is 18.7 Å². The van der Waals surface area contributed by atoms with Gasteiger partial charge in [-0.2, -0.15) is 0 Å². The number of primary amides is 1. The third-order valence-corrected chi connectivity index (χ3v) is 3.15. The number of amides is 2. The topological polar surface area (TPSA) is 89.7 Å². The Kier molecular flexibility index (Phi) is 4.02. The summed E-state index contributed by atoms with van der Waals surface area (Å²) in [7, 11) is 0. The molecule has 0 spiro atoms. The largest absolute Gasteiger partial charge is 0.449 e. The minimum atomic E-state index is -0.987. The van der Waals surface area contributed by atoms with Crippen molar-refractivity contribution in [3.8, 4) is 0 Å². The van der Waals surface area contributed by atoms with Crippen LogP contribution < -0.4 is 10.6 Å². The van der Waals surface area contributed by atoms with Gasteiger partial charge in [-0.05, 0) is 31.5 Å². The lowest BCUT2D eigenvalue weighted by Crippen LogP contribution is -2.30. The first-order chi connectivity index (χ1) is 9.49. The van der Waals surface area contributed by atoms with E-state index >= 15 is 0 Å². The molecular weight excluding hydrogens is 260 g/mol. The van der Waals surface area contributed by atoms with Gasteiger partial charge in [0.15, 0.2) is 6.10 Å². The molecule has 2 N–H and O–H groups in total. The van der Waals surface area contributed by atoms with E-state index in [1.165, 1.54) is 6.92 Å². The highest BCUT2D eigenvalue weighted by atomic mass is 16.5. The molecule has 1 aliphatic heterocycles. The van der Waals surface area contributed by atoms with Crippen LogP contribution in [0.2, 0.25) is 0 Å². The predicted molar refractivity (Wildman–Crippen MR) is 72.1 cm³/mol. The van der Waals surface area contributed by atoms with Crippen molar-refractivity contribution in [2.24, 2.45) is 5.73 Å². The smallest absolute Gasteiger partial charge is 0.338 e. The molecular formula is C14H16N2O4. The van der Waals surface area contributed by atoms with Crippen LogP contribution in [0.15, 0.2) is 24.3 Å². The van der Waals surface area contributed by atoms with Crippen molar-refractivity contribution in [2.45, 2.75) is 25.9 Å². The van der Waals surface area contributed by atoms with Gasteiger partial charge in [0.25, 0.3) is 5.91 Å². The maximum absolute atomic E-state index is 11.9. The number of hydrogen-bond donors (Lipinski definition) is 1. The van der Waals surface area contributed by atoms with Gasteiger partial charge < -0.3 is 15.4 Å². The molecule has 2 rings (SSSR count). The van der Waals surface area contributed by atoms with Gasteiger partial charge in [0.05, 0.1) is 5.56 Å². The average Bonchev–Trinajstić information content (AvgIpc) is 2.85. The van der Waals surface area contributed by atoms with E-state index in [9.17, 15) is 14.4 Å². The molecule has 0 aromatic heterocycles. The average molecular weight is 276 g/mol. The van der Waals surface area contributed by atoms with Gasteiger partial charge in [-0.3, -0.25) is 9.59 Å². The van der Waals surface area contributed by atoms with Crippen molar-refractivity contribution in [1.29, 1.82) is 0 Å². The molecule has 1 saturated heterocycles. The zero-order chi connectivity index (χ0) is 14.7. The summed E-state index contributed by atoms with van der Waals surface area (Å²) in [6.07, 6.45) is 0.346. The van der Waals surface area contributed by atoms with E-state index in [2.05, 4.69) is 0 Å². The van der Waals surface area contributed by atoms with Crippen LogP contribution in [0.25, 0.3) is 0 Å². The fraction of sp³-hybridized carbons (Fsp3) is 0.357. The second-order valence-electron chi connectivity index (χ2n) is 4.65. The van der Waals surface area contributed by atoms with Crippen LogP contribution in [0.3, 0.4) is 0 Å². The number of rotatable bonds is 4. The van der Waals surface area contributed by atoms with E-state index in [1.54, 1.807) is 29.2 Å². The molecule has 1 aromatic carbocycles. The van der Waals surface area contributed by atoms with Crippen LogP contribution in [-0.4, -0.2) is 30.4 Å². The fourth-order valence-corrected chi connectivity index (χ4v) is 2.01. The summed E-state index contributed by atoms with van der Waals surface area (Å²) in [5.74, 6) is -1.30. The normalized spacial score (nSPS) is 16.1. The summed E-state index contributed by atoms with van der Waals surface area (Å²) in [5.41, 5.74) is 5.99. The molecule has 0 radical (unpaired) electrons. The summed E-state index contributed by atoms with van der Waals surface area (Å²) >= 11 is 0. The van der Waals surface area contributed by atoms with Crippen LogP contribution in [0.5, 0.6) is 0 Å². The molecule has 0 unspecified atom stereocenters. The summed E-state index contributed by atoms with van der Waals surface area (Å²) in [6, 6.07) is 6.59. The number of ether oxygens (including phenoxy) is 1. The first-order valence-corrected chi connectivity index (χ1v) is 6.40. The standard InChI is InChI=1S/C14H16N2O4/c1-9(13(15)18)20-14(19)10-4-2-5-11(8-10)16-7-3-6-12(16)17/h2,4-5,8-9H,3,6-7H2,1H3,(H2,15,18)/t9-/m0/s1. The Morgan fingerprint density at radius 3 is 2.75 bits per heavy atom. The molecule has 6 nitrogen and oxygen atoms in total. The Morgan fingerprint density at radius 2 is 2.15 bits per heavy atom. The number of anilines is 1. The van der Waals surface area contributed by atoms with E-state index < -0.39 is 18.0 Å². The highest BCUT2D eigenvalue weighted by Crippen LogP contribution is 2.22. The number of carbonyl (C=O) groups excluding carboxylic acids is 3. The number of carbonyl (C=O) groups is 3. The molecule has 1 heterocycles. The van der Waals surface area contributed by atoms with Crippen LogP contribution >= 0.6 is 0 Å². The first kappa shape index (κ1) is 14.0. The lowest BCUT2D eigenvalue weighted by molar-refractivity contribution is -0.125. The monoisotopic (exact) mass is 276 g/mol. The molecule has 0 bridgehead atoms. The van der Waals surface area contributed by atoms with Gasteiger partial charge in [-0.15, -0.1) is 0 Å². The van der Waals surface area contributed by atoms with Crippen molar-refractivity contribution in [3.63, 3.8) is 0 Å². The van der Waals surface area contributed by atoms with Crippen LogP contribution in [0.4, 0.5) is 5.69 Å². The summed E-state index contributed by atoms with van der Waals surface area (Å²) < 4.78 is 4.93. The Labute approximate surface area is 116 Å². The molecule has 20 heavy (non-hydrogen) atoms. The van der Waals surface area contributed by atoms with E-state index in [1.807, 2.05) is 0 Å². The molecule has 1 fully saturated rings. The second-order valence-corrected chi connectivity index (χ2v) is 4.65. The highest BCUT2D eigenvalue weighted by molar-refractivity contribution is 5.98. The number of benzene rings is 1. The molecule has 0 saturated carbocycles. The van der Waals surface area contributed by atoms with Gasteiger partial charge in [-0.25, -0.2) is 4.79 Å². The Morgan fingerprint density at radius 1 is 1.40 bits per heavy atom. The molecule has 0 aliphatic carbocycles. The SMILES string of the molecule is C[C@H](OC(=O)c1cccc(N2CCCC2=O)c1)C(N)=O. The Balaban J connectivity index is 2.15. The lowest BCUT2D eigenvalue weighted by atomic mass is 10.2. The third-order valence-electron chi connectivity index (χ3n) is 3.15. The fourth-order valence-electron chi connectivity index (χ4n) is 2.01. The molecule has 1 aliphatic rings. The van der Waals surface area contributed by atoms with Gasteiger partial charge in [0, 0.05) is 18.7 Å². The minimum Gasteiger partial charge on any atom is -0.449 e. The predicted octanol–water partition coefficient (Wildman–Crippen LogP) is 0.844. The number of hydrogen-bond acceptors (Lipinski definition) is 4. The van der Waals surface area contributed by atoms with Crippen LogP contribution in [-0.2, 0) is 14.3 Å². The van der Waals surface area contributed by atoms with Crippen molar-refractivity contribution < 1.29 is 19.1 Å². The van der Waals surface area contributed by atoms with Gasteiger partial charge in [0.2, 0.25) is 5.91 Å². The first-order valence-electron chi connectivity index (χ1n) is 6.40. The maximum Gasteiger partial charge on any atom is 0.338 e. The Bertz CT molecular complexity index is 556. The van der Waals surface area contributed by atoms with E-state index in [-0.39, 0.29) is 11.5 Å². The molecule has 2 amide bonds. The molecule has 1 atom stereocenters. The minimum absolute atomic E-state index is 0.0426. The molecule has 106 valence electrons. The maximum atomic E-state index is 11.9. The van der Waals surface area contributed by atoms with E-state index in [0.717, 1.165) is 6.42 Å². The van der Waals surface area contributed by atoms with Gasteiger partial charge in [-0.1, -0.05) is 6.07 Å². The second kappa shape index (κ2) is 5.73. The van der Waals surface area contributed by atoms with Crippen molar-refractivity contribution in [1.82, 2.24) is 0 Å². The van der Waals surface area contributed by atoms with E-state index in [4.69, 9.17) is 10.5 Å². The summed E-state index contributed by atoms with van der Waals surface area (Å²) in [6.45, 7) is 2.06. The van der Waals surface area contributed by atoms with Crippen molar-refractivity contribution >= 4 is 23.5 Å². The van der Waals surface area contributed by atoms with Crippen LogP contribution in [0, 0.1) is 0 Å². The van der Waals surface area contributed by atoms with Crippen molar-refractivity contribution in [3.05, 3.63) is 29.8 Å². The number of nitrogens with zero attached hydrogens (tertiary/aromatic N) is 1. The highest BCUT2D eigenvalue weighted by Gasteiger charge is 2.23. The lowest BCUT2D eigenvalue weighted by Gasteiger charge is -2.16. The van der Waals surface area contributed by atoms with Crippen LogP contribution in [0.1, 0.15) is 30.1 Å². The quantitative estimate of drug-likeness (QED) is 0.825.